The first-order valence-corrected chi connectivity index (χ1v) is 8.72. The second kappa shape index (κ2) is 5.94. The fraction of sp³-hybridized carbons (Fsp3) is 0.250. The highest BCUT2D eigenvalue weighted by atomic mass is 79.9. The van der Waals surface area contributed by atoms with E-state index in [-0.39, 0.29) is 11.5 Å². The van der Waals surface area contributed by atoms with Gasteiger partial charge in [-0.2, -0.15) is 0 Å². The summed E-state index contributed by atoms with van der Waals surface area (Å²) in [5.41, 5.74) is 5.30. The molecule has 2 aromatic rings. The molecule has 0 bridgehead atoms. The molecule has 2 rings (SSSR count). The zero-order valence-corrected chi connectivity index (χ0v) is 16.9. The first kappa shape index (κ1) is 16.8. The van der Waals surface area contributed by atoms with Gasteiger partial charge in [-0.15, -0.1) is 0 Å². The zero-order chi connectivity index (χ0) is 16.1. The molecule has 0 aliphatic rings. The highest BCUT2D eigenvalue weighted by Crippen LogP contribution is 2.48. The highest BCUT2D eigenvalue weighted by Gasteiger charge is 2.22. The maximum absolute atomic E-state index is 10.2. The van der Waals surface area contributed by atoms with E-state index < -0.39 is 0 Å². The summed E-state index contributed by atoms with van der Waals surface area (Å²) < 4.78 is 2.53. The van der Waals surface area contributed by atoms with Gasteiger partial charge in [0, 0.05) is 41.2 Å². The molecule has 2 aromatic carbocycles. The third-order valence-electron chi connectivity index (χ3n) is 3.74. The van der Waals surface area contributed by atoms with Crippen LogP contribution in [0.3, 0.4) is 0 Å². The van der Waals surface area contributed by atoms with Gasteiger partial charge in [0.25, 0.3) is 0 Å². The van der Waals surface area contributed by atoms with Gasteiger partial charge in [0.2, 0.25) is 0 Å². The van der Waals surface area contributed by atoms with Crippen LogP contribution in [-0.2, 0) is 0 Å². The Kier molecular flexibility index (Phi) is 4.76. The maximum Gasteiger partial charge on any atom is 0.123 e. The number of hydrogen-bond donors (Lipinski definition) is 2. The number of benzene rings is 2. The van der Waals surface area contributed by atoms with Crippen LogP contribution < -0.4 is 0 Å². The summed E-state index contributed by atoms with van der Waals surface area (Å²) in [7, 11) is 0. The van der Waals surface area contributed by atoms with Crippen LogP contribution in [0.25, 0.3) is 11.1 Å². The monoisotopic (exact) mass is 476 g/mol. The van der Waals surface area contributed by atoms with Crippen molar-refractivity contribution in [3.63, 3.8) is 0 Å². The zero-order valence-electron chi connectivity index (χ0n) is 12.1. The number of rotatable bonds is 1. The molecule has 0 spiro atoms. The van der Waals surface area contributed by atoms with Gasteiger partial charge in [-0.1, -0.05) is 0 Å². The smallest absolute Gasteiger partial charge is 0.123 e. The number of phenolic OH excluding ortho intramolecular Hbond substituents is 2. The number of hydrogen-bond acceptors (Lipinski definition) is 2. The van der Waals surface area contributed by atoms with Crippen molar-refractivity contribution < 1.29 is 10.2 Å². The Balaban J connectivity index is 2.96. The summed E-state index contributed by atoms with van der Waals surface area (Å²) in [5, 5.41) is 20.1. The third-order valence-corrected chi connectivity index (χ3v) is 6.71. The SMILES string of the molecule is Cc1cc(O)c(C)c(Br)c1-c1c(Br)c(C)c(O)c(C)c1Br. The van der Waals surface area contributed by atoms with Crippen molar-refractivity contribution in [1.82, 2.24) is 0 Å². The largest absolute Gasteiger partial charge is 0.508 e. The molecule has 0 unspecified atom stereocenters. The van der Waals surface area contributed by atoms with Crippen molar-refractivity contribution in [2.75, 3.05) is 0 Å². The van der Waals surface area contributed by atoms with E-state index in [1.807, 2.05) is 27.7 Å². The van der Waals surface area contributed by atoms with Gasteiger partial charge in [-0.3, -0.25) is 0 Å². The second-order valence-corrected chi connectivity index (χ2v) is 7.51. The Morgan fingerprint density at radius 2 is 1.14 bits per heavy atom. The molecule has 0 saturated carbocycles. The fourth-order valence-electron chi connectivity index (χ4n) is 2.35. The maximum atomic E-state index is 10.2. The van der Waals surface area contributed by atoms with Crippen molar-refractivity contribution in [3.8, 4) is 22.6 Å². The van der Waals surface area contributed by atoms with Crippen LogP contribution in [0.2, 0.25) is 0 Å². The first-order chi connectivity index (χ1) is 9.68. The Morgan fingerprint density at radius 1 is 0.714 bits per heavy atom. The van der Waals surface area contributed by atoms with E-state index in [0.717, 1.165) is 46.8 Å². The Morgan fingerprint density at radius 3 is 1.62 bits per heavy atom. The van der Waals surface area contributed by atoms with E-state index in [2.05, 4.69) is 47.8 Å². The lowest BCUT2D eigenvalue weighted by atomic mass is 9.94. The Labute approximate surface area is 149 Å². The fourth-order valence-corrected chi connectivity index (χ4v) is 4.49. The summed E-state index contributed by atoms with van der Waals surface area (Å²) >= 11 is 10.8. The molecule has 0 amide bonds. The van der Waals surface area contributed by atoms with E-state index in [1.165, 1.54) is 0 Å². The van der Waals surface area contributed by atoms with Gasteiger partial charge >= 0.3 is 0 Å². The lowest BCUT2D eigenvalue weighted by molar-refractivity contribution is 0.466. The molecule has 0 heterocycles. The van der Waals surface area contributed by atoms with Crippen LogP contribution in [0.15, 0.2) is 19.5 Å². The molecule has 0 radical (unpaired) electrons. The summed E-state index contributed by atoms with van der Waals surface area (Å²) in [6, 6.07) is 1.76. The second-order valence-electron chi connectivity index (χ2n) is 5.13. The average Bonchev–Trinajstić information content (AvgIpc) is 2.44. The molecule has 0 saturated heterocycles. The van der Waals surface area contributed by atoms with Crippen LogP contribution in [0, 0.1) is 27.7 Å². The molecule has 2 nitrogen and oxygen atoms in total. The van der Waals surface area contributed by atoms with E-state index in [9.17, 15) is 10.2 Å². The normalized spacial score (nSPS) is 11.0. The quantitative estimate of drug-likeness (QED) is 0.506. The summed E-state index contributed by atoms with van der Waals surface area (Å²) in [5.74, 6) is 0.546. The minimum atomic E-state index is 0.266. The topological polar surface area (TPSA) is 40.5 Å². The van der Waals surface area contributed by atoms with Gasteiger partial charge < -0.3 is 10.2 Å². The first-order valence-electron chi connectivity index (χ1n) is 6.34. The minimum absolute atomic E-state index is 0.266. The predicted molar refractivity (Wildman–Crippen MR) is 97.3 cm³/mol. The molecule has 5 heteroatoms. The molecule has 0 atom stereocenters. The standard InChI is InChI=1S/C16H15Br3O2/c1-6-5-10(20)7(2)13(17)11(6)12-14(18)8(3)16(21)9(4)15(12)19/h5,20-21H,1-4H3. The summed E-state index contributed by atoms with van der Waals surface area (Å²) in [6.45, 7) is 7.57. The van der Waals surface area contributed by atoms with Crippen molar-refractivity contribution >= 4 is 47.8 Å². The molecule has 2 N–H and O–H groups in total. The third kappa shape index (κ3) is 2.64. The minimum Gasteiger partial charge on any atom is -0.508 e. The summed E-state index contributed by atoms with van der Waals surface area (Å²) in [4.78, 5) is 0. The lowest BCUT2D eigenvalue weighted by Crippen LogP contribution is -1.96. The van der Waals surface area contributed by atoms with Crippen molar-refractivity contribution in [2.45, 2.75) is 27.7 Å². The number of phenols is 2. The average molecular weight is 479 g/mol. The van der Waals surface area contributed by atoms with Crippen LogP contribution in [-0.4, -0.2) is 10.2 Å². The molecular formula is C16H15Br3O2. The summed E-state index contributed by atoms with van der Waals surface area (Å²) in [6.07, 6.45) is 0. The Bertz CT molecular complexity index is 723. The Hall–Kier alpha value is -0.520. The molecule has 0 fully saturated rings. The lowest BCUT2D eigenvalue weighted by Gasteiger charge is -2.19. The van der Waals surface area contributed by atoms with Crippen LogP contribution >= 0.6 is 47.8 Å². The molecule has 0 aromatic heterocycles. The molecule has 21 heavy (non-hydrogen) atoms. The van der Waals surface area contributed by atoms with Gasteiger partial charge in [0.05, 0.1) is 0 Å². The number of halogens is 3. The van der Waals surface area contributed by atoms with Gasteiger partial charge in [-0.05, 0) is 87.1 Å². The molecular weight excluding hydrogens is 464 g/mol. The van der Waals surface area contributed by atoms with E-state index in [1.54, 1.807) is 6.07 Å². The van der Waals surface area contributed by atoms with Crippen molar-refractivity contribution in [2.24, 2.45) is 0 Å². The van der Waals surface area contributed by atoms with E-state index in [4.69, 9.17) is 0 Å². The van der Waals surface area contributed by atoms with E-state index >= 15 is 0 Å². The van der Waals surface area contributed by atoms with Gasteiger partial charge in [0.15, 0.2) is 0 Å². The predicted octanol–water partition coefficient (Wildman–Crippen LogP) is 6.29. The van der Waals surface area contributed by atoms with Crippen LogP contribution in [0.5, 0.6) is 11.5 Å². The van der Waals surface area contributed by atoms with Crippen molar-refractivity contribution in [3.05, 3.63) is 41.7 Å². The number of aryl methyl sites for hydroxylation is 1. The number of aromatic hydroxyl groups is 2. The molecule has 112 valence electrons. The van der Waals surface area contributed by atoms with Crippen molar-refractivity contribution in [1.29, 1.82) is 0 Å². The van der Waals surface area contributed by atoms with Crippen LogP contribution in [0.1, 0.15) is 22.3 Å². The molecule has 0 aliphatic carbocycles. The van der Waals surface area contributed by atoms with E-state index in [0.29, 0.717) is 0 Å². The van der Waals surface area contributed by atoms with Gasteiger partial charge in [0.1, 0.15) is 11.5 Å². The van der Waals surface area contributed by atoms with Crippen LogP contribution in [0.4, 0.5) is 0 Å². The molecule has 0 aliphatic heterocycles. The van der Waals surface area contributed by atoms with Gasteiger partial charge in [-0.25, -0.2) is 0 Å². The highest BCUT2D eigenvalue weighted by molar-refractivity contribution is 9.11.